The highest BCUT2D eigenvalue weighted by molar-refractivity contribution is 5.86. The smallest absolute Gasteiger partial charge is 0.240 e. The molecule has 1 saturated carbocycles. The zero-order valence-electron chi connectivity index (χ0n) is 18.6. The van der Waals surface area contributed by atoms with Crippen LogP contribution >= 0.6 is 0 Å². The van der Waals surface area contributed by atoms with Crippen molar-refractivity contribution in [2.24, 2.45) is 0 Å². The molecule has 2 N–H and O–H groups in total. The molecule has 6 nitrogen and oxygen atoms in total. The minimum absolute atomic E-state index is 0.0830. The number of fused-ring (bicyclic) bond motifs is 1. The highest BCUT2D eigenvalue weighted by atomic mass is 16.5. The number of hydrogen-bond acceptors (Lipinski definition) is 4. The summed E-state index contributed by atoms with van der Waals surface area (Å²) in [6.45, 7) is 2.76. The molecule has 168 valence electrons. The minimum Gasteiger partial charge on any atom is -0.496 e. The molecule has 0 atom stereocenters. The van der Waals surface area contributed by atoms with Crippen LogP contribution in [0.5, 0.6) is 5.75 Å². The van der Waals surface area contributed by atoms with Crippen molar-refractivity contribution in [2.45, 2.75) is 50.4 Å². The summed E-state index contributed by atoms with van der Waals surface area (Å²) >= 11 is 0. The van der Waals surface area contributed by atoms with Crippen molar-refractivity contribution < 1.29 is 14.6 Å². The van der Waals surface area contributed by atoms with E-state index in [4.69, 9.17) is 4.74 Å². The molecule has 6 heteroatoms. The number of hydrogen-bond donors (Lipinski definition) is 2. The Labute approximate surface area is 188 Å². The van der Waals surface area contributed by atoms with E-state index in [1.54, 1.807) is 7.11 Å². The molecule has 0 unspecified atom stereocenters. The number of aromatic nitrogens is 1. The van der Waals surface area contributed by atoms with Crippen LogP contribution in [0.3, 0.4) is 0 Å². The standard InChI is InChI=1S/C26H31N3O3/c1-32-24-9-5-3-7-22(24)26(31)12-14-28(15-13-26)16-19-17-29(18-25(30)27-20-10-11-20)23-8-4-2-6-21(19)23/h2-9,17,20,31H,10-16,18H2,1H3,(H,27,30). The minimum atomic E-state index is -0.863. The van der Waals surface area contributed by atoms with Crippen LogP contribution in [0.25, 0.3) is 10.9 Å². The van der Waals surface area contributed by atoms with Gasteiger partial charge in [0.25, 0.3) is 0 Å². The lowest BCUT2D eigenvalue weighted by molar-refractivity contribution is -0.121. The Hall–Kier alpha value is -2.83. The number of carbonyl (C=O) groups is 1. The van der Waals surface area contributed by atoms with Crippen LogP contribution in [0, 0.1) is 0 Å². The second kappa shape index (κ2) is 8.60. The summed E-state index contributed by atoms with van der Waals surface area (Å²) in [6.07, 6.45) is 5.64. The lowest BCUT2D eigenvalue weighted by Gasteiger charge is -2.39. The van der Waals surface area contributed by atoms with E-state index in [2.05, 4.69) is 39.2 Å². The molecular weight excluding hydrogens is 402 g/mol. The van der Waals surface area contributed by atoms with Gasteiger partial charge in [0, 0.05) is 48.3 Å². The Morgan fingerprint density at radius 1 is 1.12 bits per heavy atom. The zero-order valence-corrected chi connectivity index (χ0v) is 18.6. The molecule has 0 bridgehead atoms. The van der Waals surface area contributed by atoms with Gasteiger partial charge in [-0.15, -0.1) is 0 Å². The topological polar surface area (TPSA) is 66.7 Å². The van der Waals surface area contributed by atoms with Crippen LogP contribution in [0.1, 0.15) is 36.8 Å². The molecule has 2 aromatic carbocycles. The Kier molecular flexibility index (Phi) is 5.66. The number of amides is 1. The normalized spacial score (nSPS) is 18.6. The summed E-state index contributed by atoms with van der Waals surface area (Å²) in [6, 6.07) is 16.4. The molecule has 1 aliphatic carbocycles. The van der Waals surface area contributed by atoms with Gasteiger partial charge in [-0.25, -0.2) is 0 Å². The van der Waals surface area contributed by atoms with Crippen molar-refractivity contribution in [3.05, 3.63) is 65.9 Å². The van der Waals surface area contributed by atoms with E-state index in [0.29, 0.717) is 25.4 Å². The molecule has 2 fully saturated rings. The number of nitrogens with zero attached hydrogens (tertiary/aromatic N) is 2. The van der Waals surface area contributed by atoms with Gasteiger partial charge in [-0.1, -0.05) is 36.4 Å². The number of benzene rings is 2. The molecule has 1 aliphatic heterocycles. The van der Waals surface area contributed by atoms with Crippen molar-refractivity contribution in [3.63, 3.8) is 0 Å². The number of rotatable bonds is 7. The van der Waals surface area contributed by atoms with E-state index < -0.39 is 5.60 Å². The van der Waals surface area contributed by atoms with E-state index in [1.807, 2.05) is 30.3 Å². The second-order valence-electron chi connectivity index (χ2n) is 9.15. The van der Waals surface area contributed by atoms with E-state index in [0.717, 1.165) is 49.3 Å². The average Bonchev–Trinajstić information content (AvgIpc) is 3.57. The number of piperidine rings is 1. The van der Waals surface area contributed by atoms with E-state index in [1.165, 1.54) is 10.9 Å². The van der Waals surface area contributed by atoms with Crippen LogP contribution in [0.15, 0.2) is 54.7 Å². The third-order valence-corrected chi connectivity index (χ3v) is 6.81. The predicted molar refractivity (Wildman–Crippen MR) is 125 cm³/mol. The monoisotopic (exact) mass is 433 g/mol. The summed E-state index contributed by atoms with van der Waals surface area (Å²) in [5.74, 6) is 0.829. The first kappa shape index (κ1) is 21.0. The quantitative estimate of drug-likeness (QED) is 0.599. The second-order valence-corrected chi connectivity index (χ2v) is 9.15. The first-order valence-electron chi connectivity index (χ1n) is 11.5. The van der Waals surface area contributed by atoms with E-state index >= 15 is 0 Å². The van der Waals surface area contributed by atoms with Gasteiger partial charge in [0.1, 0.15) is 12.3 Å². The predicted octanol–water partition coefficient (Wildman–Crippen LogP) is 3.41. The van der Waals surface area contributed by atoms with Crippen LogP contribution in [0.4, 0.5) is 0 Å². The first-order valence-corrected chi connectivity index (χ1v) is 11.5. The summed E-state index contributed by atoms with van der Waals surface area (Å²) in [4.78, 5) is 14.8. The van der Waals surface area contributed by atoms with Crippen molar-refractivity contribution in [3.8, 4) is 5.75 Å². The fourth-order valence-corrected chi connectivity index (χ4v) is 4.86. The van der Waals surface area contributed by atoms with Gasteiger partial charge in [0.05, 0.1) is 12.7 Å². The van der Waals surface area contributed by atoms with Crippen LogP contribution in [-0.4, -0.2) is 46.7 Å². The van der Waals surface area contributed by atoms with Crippen molar-refractivity contribution in [1.82, 2.24) is 14.8 Å². The SMILES string of the molecule is COc1ccccc1C1(O)CCN(Cc2cn(CC(=O)NC3CC3)c3ccccc23)CC1. The maximum atomic E-state index is 12.4. The lowest BCUT2D eigenvalue weighted by atomic mass is 9.84. The Morgan fingerprint density at radius 3 is 2.59 bits per heavy atom. The summed E-state index contributed by atoms with van der Waals surface area (Å²) in [5, 5.41) is 15.6. The van der Waals surface area contributed by atoms with Gasteiger partial charge in [-0.3, -0.25) is 9.69 Å². The van der Waals surface area contributed by atoms with E-state index in [9.17, 15) is 9.90 Å². The average molecular weight is 434 g/mol. The highest BCUT2D eigenvalue weighted by Gasteiger charge is 2.36. The van der Waals surface area contributed by atoms with Gasteiger partial charge in [-0.2, -0.15) is 0 Å². The maximum absolute atomic E-state index is 12.4. The Morgan fingerprint density at radius 2 is 1.84 bits per heavy atom. The van der Waals surface area contributed by atoms with Crippen molar-refractivity contribution in [2.75, 3.05) is 20.2 Å². The number of aliphatic hydroxyl groups is 1. The Balaban J connectivity index is 1.30. The first-order chi connectivity index (χ1) is 15.6. The summed E-state index contributed by atoms with van der Waals surface area (Å²) in [7, 11) is 1.65. The number of ether oxygens (including phenoxy) is 1. The molecule has 1 amide bonds. The third-order valence-electron chi connectivity index (χ3n) is 6.81. The van der Waals surface area contributed by atoms with Crippen molar-refractivity contribution >= 4 is 16.8 Å². The van der Waals surface area contributed by atoms with E-state index in [-0.39, 0.29) is 5.91 Å². The summed E-state index contributed by atoms with van der Waals surface area (Å²) < 4.78 is 7.55. The fourth-order valence-electron chi connectivity index (χ4n) is 4.86. The van der Waals surface area contributed by atoms with Gasteiger partial charge < -0.3 is 19.7 Å². The van der Waals surface area contributed by atoms with Gasteiger partial charge in [0.2, 0.25) is 5.91 Å². The molecule has 1 aromatic heterocycles. The number of para-hydroxylation sites is 2. The number of methoxy groups -OCH3 is 1. The largest absolute Gasteiger partial charge is 0.496 e. The molecule has 0 radical (unpaired) electrons. The number of carbonyl (C=O) groups excluding carboxylic acids is 1. The maximum Gasteiger partial charge on any atom is 0.240 e. The van der Waals surface area contributed by atoms with Crippen LogP contribution in [0.2, 0.25) is 0 Å². The molecule has 2 aliphatic rings. The van der Waals surface area contributed by atoms with Crippen LogP contribution in [-0.2, 0) is 23.5 Å². The fraction of sp³-hybridized carbons (Fsp3) is 0.423. The molecule has 32 heavy (non-hydrogen) atoms. The third kappa shape index (κ3) is 4.25. The molecule has 3 aromatic rings. The van der Waals surface area contributed by atoms with Gasteiger partial charge in [-0.05, 0) is 43.4 Å². The zero-order chi connectivity index (χ0) is 22.1. The van der Waals surface area contributed by atoms with Gasteiger partial charge >= 0.3 is 0 Å². The highest BCUT2D eigenvalue weighted by Crippen LogP contribution is 2.38. The van der Waals surface area contributed by atoms with Crippen LogP contribution < -0.4 is 10.1 Å². The molecule has 2 heterocycles. The number of likely N-dealkylation sites (tertiary alicyclic amines) is 1. The lowest BCUT2D eigenvalue weighted by Crippen LogP contribution is -2.42. The molecule has 0 spiro atoms. The molecule has 5 rings (SSSR count). The Bertz CT molecular complexity index is 1110. The molecular formula is C26H31N3O3. The van der Waals surface area contributed by atoms with Crippen molar-refractivity contribution in [1.29, 1.82) is 0 Å². The number of nitrogens with one attached hydrogen (secondary N) is 1. The summed E-state index contributed by atoms with van der Waals surface area (Å²) in [5.41, 5.74) is 2.33. The van der Waals surface area contributed by atoms with Gasteiger partial charge in [0.15, 0.2) is 0 Å². The molecule has 1 saturated heterocycles.